The minimum atomic E-state index is -3.82. The number of para-hydroxylation sites is 3. The zero-order valence-corrected chi connectivity index (χ0v) is 17.6. The van der Waals surface area contributed by atoms with Gasteiger partial charge in [-0.3, -0.25) is 4.72 Å². The summed E-state index contributed by atoms with van der Waals surface area (Å²) in [5.41, 5.74) is 4.45. The zero-order valence-electron chi connectivity index (χ0n) is 16.8. The lowest BCUT2D eigenvalue weighted by molar-refractivity contribution is 0.601. The lowest BCUT2D eigenvalue weighted by atomic mass is 10.1. The van der Waals surface area contributed by atoms with Gasteiger partial charge in [0.2, 0.25) is 0 Å². The van der Waals surface area contributed by atoms with Crippen LogP contribution in [0.3, 0.4) is 0 Å². The molecule has 1 aliphatic carbocycles. The Morgan fingerprint density at radius 2 is 1.35 bits per heavy atom. The highest BCUT2D eigenvalue weighted by molar-refractivity contribution is 7.92. The maximum atomic E-state index is 13.0. The number of hydrogen-bond acceptors (Lipinski definition) is 5. The maximum absolute atomic E-state index is 13.0. The van der Waals surface area contributed by atoms with E-state index in [0.717, 1.165) is 11.3 Å². The first-order chi connectivity index (χ1) is 15.0. The molecule has 3 aromatic carbocycles. The zero-order chi connectivity index (χ0) is 21.4. The minimum absolute atomic E-state index is 0.148. The molecule has 4 aromatic rings. The molecular weight excluding hydrogens is 408 g/mol. The summed E-state index contributed by atoms with van der Waals surface area (Å²) >= 11 is 0. The molecule has 2 N–H and O–H groups in total. The van der Waals surface area contributed by atoms with Crippen molar-refractivity contribution in [1.82, 2.24) is 9.97 Å². The van der Waals surface area contributed by atoms with Crippen molar-refractivity contribution in [3.63, 3.8) is 0 Å². The van der Waals surface area contributed by atoms with Crippen molar-refractivity contribution in [1.29, 1.82) is 0 Å². The van der Waals surface area contributed by atoms with E-state index in [9.17, 15) is 8.42 Å². The molecule has 1 unspecified atom stereocenters. The number of allylic oxidation sites excluding steroid dienone is 2. The van der Waals surface area contributed by atoms with Crippen molar-refractivity contribution in [2.45, 2.75) is 11.8 Å². The van der Waals surface area contributed by atoms with Crippen LogP contribution in [0.5, 0.6) is 0 Å². The van der Waals surface area contributed by atoms with E-state index in [-0.39, 0.29) is 10.7 Å². The predicted octanol–water partition coefficient (Wildman–Crippen LogP) is 5.21. The van der Waals surface area contributed by atoms with E-state index in [1.807, 2.05) is 42.5 Å². The van der Waals surface area contributed by atoms with E-state index in [0.29, 0.717) is 22.8 Å². The van der Waals surface area contributed by atoms with Crippen molar-refractivity contribution in [2.24, 2.45) is 5.92 Å². The summed E-state index contributed by atoms with van der Waals surface area (Å²) in [5.74, 6) is 0.927. The van der Waals surface area contributed by atoms with Crippen molar-refractivity contribution >= 4 is 44.0 Å². The first-order valence-electron chi connectivity index (χ1n) is 9.94. The van der Waals surface area contributed by atoms with E-state index in [1.54, 1.807) is 36.4 Å². The smallest absolute Gasteiger partial charge is 0.263 e. The molecule has 6 nitrogen and oxygen atoms in total. The fraction of sp³-hybridized carbons (Fsp3) is 0.0833. The molecule has 0 amide bonds. The Balaban J connectivity index is 1.59. The van der Waals surface area contributed by atoms with Crippen LogP contribution in [0.2, 0.25) is 0 Å². The van der Waals surface area contributed by atoms with Gasteiger partial charge in [0.1, 0.15) is 0 Å². The van der Waals surface area contributed by atoms with Crippen LogP contribution in [0, 0.1) is 5.92 Å². The molecule has 0 saturated carbocycles. The minimum Gasteiger partial charge on any atom is -0.337 e. The third-order valence-electron chi connectivity index (χ3n) is 5.16. The topological polar surface area (TPSA) is 84.0 Å². The van der Waals surface area contributed by atoms with Crippen LogP contribution in [0.25, 0.3) is 16.6 Å². The number of sulfonamides is 1. The van der Waals surface area contributed by atoms with Crippen LogP contribution in [-0.4, -0.2) is 18.4 Å². The van der Waals surface area contributed by atoms with Gasteiger partial charge in [0.25, 0.3) is 10.0 Å². The standard InChI is InChI=1S/C24H20N4O2S/c1-16-15-19(16)18-11-5-6-12-20(18)25-23-24(27-22-14-8-7-13-21(22)26-23)28-31(29,30)17-9-3-2-4-10-17/h2-16H,1H3,(H,25,26)(H,27,28). The average Bonchev–Trinajstić information content (AvgIpc) is 3.51. The van der Waals surface area contributed by atoms with Crippen molar-refractivity contribution < 1.29 is 8.42 Å². The highest BCUT2D eigenvalue weighted by Gasteiger charge is 2.24. The van der Waals surface area contributed by atoms with E-state index >= 15 is 0 Å². The van der Waals surface area contributed by atoms with Gasteiger partial charge in [0.05, 0.1) is 15.9 Å². The fourth-order valence-corrected chi connectivity index (χ4v) is 4.50. The van der Waals surface area contributed by atoms with Gasteiger partial charge in [-0.25, -0.2) is 18.4 Å². The number of benzene rings is 3. The van der Waals surface area contributed by atoms with Gasteiger partial charge < -0.3 is 5.32 Å². The first kappa shape index (κ1) is 19.3. The Bertz CT molecular complexity index is 1420. The molecule has 0 bridgehead atoms. The second-order valence-electron chi connectivity index (χ2n) is 7.41. The summed E-state index contributed by atoms with van der Waals surface area (Å²) in [5, 5.41) is 3.31. The summed E-state index contributed by atoms with van der Waals surface area (Å²) in [7, 11) is -3.82. The Kier molecular flexibility index (Phi) is 4.67. The van der Waals surface area contributed by atoms with Crippen LogP contribution in [-0.2, 0) is 10.0 Å². The van der Waals surface area contributed by atoms with E-state index in [4.69, 9.17) is 0 Å². The van der Waals surface area contributed by atoms with Crippen molar-refractivity contribution in [3.05, 3.63) is 90.5 Å². The van der Waals surface area contributed by atoms with Gasteiger partial charge in [-0.15, -0.1) is 0 Å². The SMILES string of the molecule is CC1C=C1c1ccccc1Nc1nc2ccccc2nc1NS(=O)(=O)c1ccccc1. The summed E-state index contributed by atoms with van der Waals surface area (Å²) in [6, 6.07) is 23.5. The van der Waals surface area contributed by atoms with Crippen LogP contribution in [0.1, 0.15) is 12.5 Å². The Labute approximate surface area is 180 Å². The number of rotatable bonds is 6. The van der Waals surface area contributed by atoms with Gasteiger partial charge in [-0.2, -0.15) is 0 Å². The molecular formula is C24H20N4O2S. The van der Waals surface area contributed by atoms with E-state index in [2.05, 4.69) is 33.0 Å². The fourth-order valence-electron chi connectivity index (χ4n) is 3.47. The number of hydrogen-bond donors (Lipinski definition) is 2. The molecule has 1 atom stereocenters. The molecule has 0 spiro atoms. The number of aromatic nitrogens is 2. The predicted molar refractivity (Wildman–Crippen MR) is 124 cm³/mol. The summed E-state index contributed by atoms with van der Waals surface area (Å²) in [6.45, 7) is 2.14. The normalized spacial score (nSPS) is 15.4. The average molecular weight is 429 g/mol. The Hall–Kier alpha value is -3.71. The molecule has 1 aliphatic rings. The lowest BCUT2D eigenvalue weighted by Crippen LogP contribution is -2.16. The van der Waals surface area contributed by atoms with Gasteiger partial charge in [0, 0.05) is 11.3 Å². The van der Waals surface area contributed by atoms with Gasteiger partial charge in [-0.05, 0) is 41.8 Å². The molecule has 0 saturated heterocycles. The van der Waals surface area contributed by atoms with E-state index < -0.39 is 10.0 Å². The second kappa shape index (κ2) is 7.52. The Morgan fingerprint density at radius 3 is 2.03 bits per heavy atom. The second-order valence-corrected chi connectivity index (χ2v) is 9.09. The summed E-state index contributed by atoms with van der Waals surface area (Å²) in [6.07, 6.45) is 2.19. The van der Waals surface area contributed by atoms with Gasteiger partial charge >= 0.3 is 0 Å². The Morgan fingerprint density at radius 1 is 0.774 bits per heavy atom. The van der Waals surface area contributed by atoms with E-state index in [1.165, 1.54) is 5.57 Å². The monoisotopic (exact) mass is 428 g/mol. The van der Waals surface area contributed by atoms with Crippen LogP contribution < -0.4 is 10.0 Å². The van der Waals surface area contributed by atoms with Crippen molar-refractivity contribution in [3.8, 4) is 0 Å². The molecule has 0 fully saturated rings. The molecule has 7 heteroatoms. The molecule has 154 valence electrons. The number of anilines is 3. The molecule has 1 aromatic heterocycles. The molecule has 0 aliphatic heterocycles. The molecule has 0 radical (unpaired) electrons. The van der Waals surface area contributed by atoms with Crippen LogP contribution in [0.4, 0.5) is 17.3 Å². The van der Waals surface area contributed by atoms with Crippen LogP contribution in [0.15, 0.2) is 89.8 Å². The quantitative estimate of drug-likeness (QED) is 0.441. The molecule has 1 heterocycles. The molecule has 5 rings (SSSR count). The number of nitrogens with one attached hydrogen (secondary N) is 2. The summed E-state index contributed by atoms with van der Waals surface area (Å²) < 4.78 is 28.5. The summed E-state index contributed by atoms with van der Waals surface area (Å²) in [4.78, 5) is 9.39. The maximum Gasteiger partial charge on any atom is 0.263 e. The number of fused-ring (bicyclic) bond motifs is 1. The number of nitrogens with zero attached hydrogens (tertiary/aromatic N) is 2. The van der Waals surface area contributed by atoms with Crippen molar-refractivity contribution in [2.75, 3.05) is 10.0 Å². The first-order valence-corrected chi connectivity index (χ1v) is 11.4. The van der Waals surface area contributed by atoms with Gasteiger partial charge in [-0.1, -0.05) is 61.5 Å². The van der Waals surface area contributed by atoms with Crippen LogP contribution >= 0.6 is 0 Å². The highest BCUT2D eigenvalue weighted by Crippen LogP contribution is 2.42. The van der Waals surface area contributed by atoms with Gasteiger partial charge in [0.15, 0.2) is 11.6 Å². The third-order valence-corrected chi connectivity index (χ3v) is 6.51. The highest BCUT2D eigenvalue weighted by atomic mass is 32.2. The largest absolute Gasteiger partial charge is 0.337 e. The third kappa shape index (κ3) is 3.87. The molecule has 31 heavy (non-hydrogen) atoms. The lowest BCUT2D eigenvalue weighted by Gasteiger charge is -2.15.